The summed E-state index contributed by atoms with van der Waals surface area (Å²) in [4.78, 5) is 25.6. The smallest absolute Gasteiger partial charge is 0.434 e. The van der Waals surface area contributed by atoms with Crippen molar-refractivity contribution >= 4 is 42.6 Å². The third-order valence-corrected chi connectivity index (χ3v) is 13.7. The number of carbonyl (C=O) groups excluding carboxylic acids is 1. The Morgan fingerprint density at radius 2 is 1.59 bits per heavy atom. The Morgan fingerprint density at radius 3 is 2.07 bits per heavy atom. The number of hydrogen-bond acceptors (Lipinski definition) is 9. The molecule has 41 heavy (non-hydrogen) atoms. The number of ether oxygens (including phenoxy) is 2. The number of aliphatic imine (C=N–C) groups is 2. The zero-order chi connectivity index (χ0) is 30.3. The molecule has 1 amide bonds. The Labute approximate surface area is 247 Å². The SMILES string of the molecule is COC(=O)N=C(SC)C(=Nc1ccc(-c2noc(C)n2)cc1)c1ccc(OC)c(O[Si](C(C)C)(C(C)C)C(C)C)c1. The zero-order valence-electron chi connectivity index (χ0n) is 25.5. The number of amides is 1. The minimum Gasteiger partial charge on any atom is -0.540 e. The lowest BCUT2D eigenvalue weighted by Gasteiger charge is -2.42. The van der Waals surface area contributed by atoms with Crippen molar-refractivity contribution in [3.8, 4) is 22.9 Å². The number of carbonyl (C=O) groups is 1. The summed E-state index contributed by atoms with van der Waals surface area (Å²) in [5.74, 6) is 2.29. The van der Waals surface area contributed by atoms with Crippen molar-refractivity contribution in [2.45, 2.75) is 65.1 Å². The molecule has 0 spiro atoms. The van der Waals surface area contributed by atoms with Crippen molar-refractivity contribution in [1.29, 1.82) is 0 Å². The topological polar surface area (TPSA) is 108 Å². The van der Waals surface area contributed by atoms with Crippen LogP contribution in [0.15, 0.2) is 57.0 Å². The van der Waals surface area contributed by atoms with Crippen molar-refractivity contribution in [2.24, 2.45) is 9.98 Å². The summed E-state index contributed by atoms with van der Waals surface area (Å²) >= 11 is 1.30. The van der Waals surface area contributed by atoms with Gasteiger partial charge in [-0.05, 0) is 65.3 Å². The third-order valence-electron chi connectivity index (χ3n) is 7.09. The molecule has 2 aromatic carbocycles. The molecule has 1 aromatic heterocycles. The number of nitrogens with zero attached hydrogens (tertiary/aromatic N) is 4. The van der Waals surface area contributed by atoms with Crippen LogP contribution in [-0.4, -0.2) is 55.8 Å². The van der Waals surface area contributed by atoms with E-state index in [2.05, 4.69) is 56.7 Å². The van der Waals surface area contributed by atoms with Crippen molar-refractivity contribution < 1.29 is 23.2 Å². The maximum atomic E-state index is 12.2. The van der Waals surface area contributed by atoms with E-state index in [-0.39, 0.29) is 0 Å². The second-order valence-electron chi connectivity index (χ2n) is 10.5. The Morgan fingerprint density at radius 1 is 0.951 bits per heavy atom. The average Bonchev–Trinajstić information content (AvgIpc) is 3.39. The molecule has 0 atom stereocenters. The van der Waals surface area contributed by atoms with E-state index in [9.17, 15) is 4.79 Å². The van der Waals surface area contributed by atoms with Gasteiger partial charge >= 0.3 is 6.09 Å². The fourth-order valence-electron chi connectivity index (χ4n) is 5.24. The average molecular weight is 597 g/mol. The van der Waals surface area contributed by atoms with E-state index in [1.54, 1.807) is 14.0 Å². The van der Waals surface area contributed by atoms with Gasteiger partial charge in [0.15, 0.2) is 5.75 Å². The summed E-state index contributed by atoms with van der Waals surface area (Å²) in [5, 5.41) is 4.39. The number of aryl methyl sites for hydroxylation is 1. The van der Waals surface area contributed by atoms with Gasteiger partial charge in [-0.25, -0.2) is 9.79 Å². The maximum absolute atomic E-state index is 12.2. The Balaban J connectivity index is 2.18. The molecule has 0 N–H and O–H groups in total. The highest BCUT2D eigenvalue weighted by atomic mass is 32.2. The highest BCUT2D eigenvalue weighted by Crippen LogP contribution is 2.45. The van der Waals surface area contributed by atoms with E-state index in [0.717, 1.165) is 11.1 Å². The molecule has 0 aliphatic rings. The number of thioether (sulfide) groups is 1. The first-order valence-corrected chi connectivity index (χ1v) is 16.9. The van der Waals surface area contributed by atoms with Crippen LogP contribution in [0.1, 0.15) is 53.0 Å². The van der Waals surface area contributed by atoms with Gasteiger partial charge in [0.1, 0.15) is 16.5 Å². The largest absolute Gasteiger partial charge is 0.540 e. The molecule has 0 bridgehead atoms. The lowest BCUT2D eigenvalue weighted by molar-refractivity contribution is 0.183. The van der Waals surface area contributed by atoms with Gasteiger partial charge in [0, 0.05) is 18.1 Å². The van der Waals surface area contributed by atoms with Gasteiger partial charge in [0.25, 0.3) is 8.32 Å². The summed E-state index contributed by atoms with van der Waals surface area (Å²) < 4.78 is 22.7. The van der Waals surface area contributed by atoms with E-state index < -0.39 is 14.4 Å². The summed E-state index contributed by atoms with van der Waals surface area (Å²) in [6, 6.07) is 13.1. The van der Waals surface area contributed by atoms with E-state index in [1.807, 2.05) is 48.7 Å². The summed E-state index contributed by atoms with van der Waals surface area (Å²) in [6.45, 7) is 15.2. The van der Waals surface area contributed by atoms with E-state index in [1.165, 1.54) is 18.9 Å². The highest BCUT2D eigenvalue weighted by molar-refractivity contribution is 8.15. The predicted octanol–water partition coefficient (Wildman–Crippen LogP) is 8.26. The third kappa shape index (κ3) is 7.26. The van der Waals surface area contributed by atoms with Crippen LogP contribution < -0.4 is 9.16 Å². The highest BCUT2D eigenvalue weighted by Gasteiger charge is 2.47. The molecule has 1 heterocycles. The Bertz CT molecular complexity index is 1380. The fourth-order valence-corrected chi connectivity index (χ4v) is 11.0. The van der Waals surface area contributed by atoms with Crippen LogP contribution in [0.25, 0.3) is 11.4 Å². The molecule has 0 aliphatic carbocycles. The Kier molecular flexibility index (Phi) is 10.9. The molecule has 220 valence electrons. The quantitative estimate of drug-likeness (QED) is 0.131. The molecular weight excluding hydrogens is 557 g/mol. The number of aromatic nitrogens is 2. The first kappa shape index (κ1) is 32.1. The number of methoxy groups -OCH3 is 2. The molecule has 9 nitrogen and oxygen atoms in total. The second-order valence-corrected chi connectivity index (χ2v) is 16.7. The lowest BCUT2D eigenvalue weighted by atomic mass is 10.1. The van der Waals surface area contributed by atoms with Gasteiger partial charge in [-0.1, -0.05) is 46.7 Å². The van der Waals surface area contributed by atoms with Crippen LogP contribution in [-0.2, 0) is 4.74 Å². The summed E-state index contributed by atoms with van der Waals surface area (Å²) in [7, 11) is 0.635. The van der Waals surface area contributed by atoms with E-state index in [0.29, 0.717) is 56.3 Å². The van der Waals surface area contributed by atoms with Crippen LogP contribution in [0.4, 0.5) is 10.5 Å². The van der Waals surface area contributed by atoms with Crippen LogP contribution >= 0.6 is 11.8 Å². The molecule has 3 aromatic rings. The standard InChI is InChI=1S/C30H40N4O5SSi/c1-18(2)41(19(3)4,20(5)6)39-26-17-23(13-16-25(26)36-8)27(29(40-10)33-30(35)37-9)32-24-14-11-22(12-15-24)28-31-21(7)38-34-28/h11-20H,1-10H3. The van der Waals surface area contributed by atoms with E-state index in [4.69, 9.17) is 23.4 Å². The van der Waals surface area contributed by atoms with Gasteiger partial charge in [-0.15, -0.1) is 11.8 Å². The maximum Gasteiger partial charge on any atom is 0.434 e. The first-order valence-electron chi connectivity index (χ1n) is 13.5. The minimum atomic E-state index is -2.30. The second kappa shape index (κ2) is 14.0. The molecule has 0 saturated carbocycles. The van der Waals surface area contributed by atoms with Crippen molar-refractivity contribution in [3.63, 3.8) is 0 Å². The molecule has 11 heteroatoms. The number of rotatable bonds is 10. The molecule has 3 rings (SSSR count). The van der Waals surface area contributed by atoms with Crippen LogP contribution in [0, 0.1) is 6.92 Å². The molecule has 0 unspecified atom stereocenters. The van der Waals surface area contributed by atoms with Gasteiger partial charge in [-0.3, -0.25) is 0 Å². The molecule has 0 radical (unpaired) electrons. The van der Waals surface area contributed by atoms with Gasteiger partial charge in [0.05, 0.1) is 19.9 Å². The Hall–Kier alpha value is -3.44. The molecular formula is C30H40N4O5SSi. The van der Waals surface area contributed by atoms with Crippen LogP contribution in [0.2, 0.25) is 16.6 Å². The normalized spacial score (nSPS) is 12.8. The van der Waals surface area contributed by atoms with Gasteiger partial charge in [0.2, 0.25) is 11.7 Å². The lowest BCUT2D eigenvalue weighted by Crippen LogP contribution is -2.50. The number of benzene rings is 2. The first-order chi connectivity index (χ1) is 19.5. The van der Waals surface area contributed by atoms with Crippen LogP contribution in [0.5, 0.6) is 11.5 Å². The van der Waals surface area contributed by atoms with Crippen LogP contribution in [0.3, 0.4) is 0 Å². The van der Waals surface area contributed by atoms with Crippen molar-refractivity contribution in [2.75, 3.05) is 20.5 Å². The minimum absolute atomic E-state index is 0.369. The van der Waals surface area contributed by atoms with Crippen molar-refractivity contribution in [3.05, 3.63) is 53.9 Å². The van der Waals surface area contributed by atoms with Gasteiger partial charge < -0.3 is 18.4 Å². The fraction of sp³-hybridized carbons (Fsp3) is 0.433. The van der Waals surface area contributed by atoms with Gasteiger partial charge in [-0.2, -0.15) is 9.98 Å². The van der Waals surface area contributed by atoms with E-state index >= 15 is 0 Å². The number of hydrogen-bond donors (Lipinski definition) is 0. The summed E-state index contributed by atoms with van der Waals surface area (Å²) in [6.07, 6.45) is 1.13. The monoisotopic (exact) mass is 596 g/mol. The predicted molar refractivity (Wildman–Crippen MR) is 169 cm³/mol. The zero-order valence-corrected chi connectivity index (χ0v) is 27.3. The molecule has 0 saturated heterocycles. The molecule has 0 aliphatic heterocycles. The van der Waals surface area contributed by atoms with Crippen molar-refractivity contribution in [1.82, 2.24) is 10.1 Å². The molecule has 0 fully saturated rings. The summed E-state index contributed by atoms with van der Waals surface area (Å²) in [5.41, 5.74) is 3.80.